The van der Waals surface area contributed by atoms with Crippen LogP contribution in [-0.4, -0.2) is 52.7 Å². The summed E-state index contributed by atoms with van der Waals surface area (Å²) < 4.78 is 5.25. The van der Waals surface area contributed by atoms with E-state index in [1.807, 2.05) is 30.6 Å². The third kappa shape index (κ3) is 6.20. The van der Waals surface area contributed by atoms with Crippen LogP contribution in [0.4, 0.5) is 0 Å². The summed E-state index contributed by atoms with van der Waals surface area (Å²) in [6.07, 6.45) is 13.3. The Hall–Kier alpha value is -2.11. The summed E-state index contributed by atoms with van der Waals surface area (Å²) in [7, 11) is 1.63. The SMILES string of the molecule is COc1ccc(CN(Cc2cccnc2)C[C@H]2CCCN(C3CCCCC3)C2)c(O)c1. The lowest BCUT2D eigenvalue weighted by Crippen LogP contribution is -2.46. The second kappa shape index (κ2) is 11.0. The number of likely N-dealkylation sites (tertiary alicyclic amines) is 1. The Kier molecular flexibility index (Phi) is 7.81. The van der Waals surface area contributed by atoms with Crippen molar-refractivity contribution < 1.29 is 9.84 Å². The summed E-state index contributed by atoms with van der Waals surface area (Å²) >= 11 is 0. The zero-order chi connectivity index (χ0) is 21.5. The van der Waals surface area contributed by atoms with Gasteiger partial charge in [0.15, 0.2) is 0 Å². The van der Waals surface area contributed by atoms with E-state index < -0.39 is 0 Å². The Morgan fingerprint density at radius 3 is 2.71 bits per heavy atom. The number of rotatable bonds is 8. The highest BCUT2D eigenvalue weighted by molar-refractivity contribution is 5.39. The van der Waals surface area contributed by atoms with Gasteiger partial charge in [0.2, 0.25) is 0 Å². The number of aromatic hydroxyl groups is 1. The third-order valence-corrected chi connectivity index (χ3v) is 6.97. The minimum atomic E-state index is 0.308. The molecule has 2 aromatic rings. The van der Waals surface area contributed by atoms with Gasteiger partial charge in [0.1, 0.15) is 11.5 Å². The molecule has 0 unspecified atom stereocenters. The first kappa shape index (κ1) is 22.1. The molecule has 31 heavy (non-hydrogen) atoms. The Labute approximate surface area is 187 Å². The quantitative estimate of drug-likeness (QED) is 0.658. The third-order valence-electron chi connectivity index (χ3n) is 6.97. The molecule has 2 aliphatic rings. The van der Waals surface area contributed by atoms with E-state index in [4.69, 9.17) is 4.74 Å². The number of nitrogens with zero attached hydrogens (tertiary/aromatic N) is 3. The van der Waals surface area contributed by atoms with Gasteiger partial charge in [0.25, 0.3) is 0 Å². The highest BCUT2D eigenvalue weighted by Crippen LogP contribution is 2.29. The van der Waals surface area contributed by atoms with Crippen LogP contribution in [0.2, 0.25) is 0 Å². The van der Waals surface area contributed by atoms with E-state index in [-0.39, 0.29) is 0 Å². The minimum Gasteiger partial charge on any atom is -0.507 e. The van der Waals surface area contributed by atoms with E-state index in [2.05, 4.69) is 20.9 Å². The Morgan fingerprint density at radius 1 is 1.10 bits per heavy atom. The smallest absolute Gasteiger partial charge is 0.123 e. The van der Waals surface area contributed by atoms with Gasteiger partial charge in [-0.25, -0.2) is 0 Å². The molecule has 0 amide bonds. The van der Waals surface area contributed by atoms with Crippen LogP contribution in [0, 0.1) is 5.92 Å². The fourth-order valence-corrected chi connectivity index (χ4v) is 5.37. The number of aromatic nitrogens is 1. The zero-order valence-corrected chi connectivity index (χ0v) is 18.9. The summed E-state index contributed by atoms with van der Waals surface area (Å²) in [5, 5.41) is 10.5. The summed E-state index contributed by atoms with van der Waals surface area (Å²) in [6.45, 7) is 5.10. The van der Waals surface area contributed by atoms with Gasteiger partial charge in [-0.3, -0.25) is 9.88 Å². The van der Waals surface area contributed by atoms with Crippen LogP contribution >= 0.6 is 0 Å². The van der Waals surface area contributed by atoms with Crippen molar-refractivity contribution in [2.45, 2.75) is 64.1 Å². The van der Waals surface area contributed by atoms with Crippen LogP contribution in [0.1, 0.15) is 56.1 Å². The molecule has 1 aromatic carbocycles. The van der Waals surface area contributed by atoms with Crippen molar-refractivity contribution in [3.05, 3.63) is 53.9 Å². The van der Waals surface area contributed by atoms with Gasteiger partial charge in [-0.1, -0.05) is 31.4 Å². The molecule has 1 N–H and O–H groups in total. The lowest BCUT2D eigenvalue weighted by Gasteiger charge is -2.41. The lowest BCUT2D eigenvalue weighted by atomic mass is 9.90. The molecule has 1 saturated carbocycles. The Balaban J connectivity index is 1.44. The van der Waals surface area contributed by atoms with E-state index in [1.165, 1.54) is 63.6 Å². The standard InChI is InChI=1S/C26H37N3O2/c1-31-25-12-11-23(26(30)15-25)20-28(17-21-7-5-13-27-16-21)18-22-8-6-14-29(19-22)24-9-3-2-4-10-24/h5,7,11-13,15-16,22,24,30H,2-4,6,8-10,14,17-20H2,1H3/t22-/m1/s1. The van der Waals surface area contributed by atoms with Crippen LogP contribution in [0.15, 0.2) is 42.7 Å². The van der Waals surface area contributed by atoms with Crippen molar-refractivity contribution in [3.63, 3.8) is 0 Å². The molecule has 168 valence electrons. The molecular formula is C26H37N3O2. The van der Waals surface area contributed by atoms with Gasteiger partial charge < -0.3 is 14.7 Å². The molecule has 1 aliphatic carbocycles. The van der Waals surface area contributed by atoms with Gasteiger partial charge >= 0.3 is 0 Å². The van der Waals surface area contributed by atoms with E-state index in [9.17, 15) is 5.11 Å². The molecule has 0 spiro atoms. The normalized spacial score (nSPS) is 20.8. The van der Waals surface area contributed by atoms with Crippen LogP contribution < -0.4 is 4.74 Å². The summed E-state index contributed by atoms with van der Waals surface area (Å²) in [5.74, 6) is 1.67. The van der Waals surface area contributed by atoms with Crippen LogP contribution in [0.5, 0.6) is 11.5 Å². The molecule has 0 bridgehead atoms. The van der Waals surface area contributed by atoms with E-state index >= 15 is 0 Å². The van der Waals surface area contributed by atoms with E-state index in [0.29, 0.717) is 17.4 Å². The first-order valence-corrected chi connectivity index (χ1v) is 11.9. The number of pyridine rings is 1. The molecular weight excluding hydrogens is 386 g/mol. The fraction of sp³-hybridized carbons (Fsp3) is 0.577. The van der Waals surface area contributed by atoms with Crippen LogP contribution in [0.3, 0.4) is 0 Å². The number of hydrogen-bond donors (Lipinski definition) is 1. The highest BCUT2D eigenvalue weighted by atomic mass is 16.5. The number of methoxy groups -OCH3 is 1. The van der Waals surface area contributed by atoms with Crippen LogP contribution in [-0.2, 0) is 13.1 Å². The van der Waals surface area contributed by atoms with Gasteiger partial charge in [0, 0.05) is 56.2 Å². The number of piperidine rings is 1. The molecule has 2 fully saturated rings. The number of benzene rings is 1. The average Bonchev–Trinajstić information content (AvgIpc) is 2.82. The summed E-state index contributed by atoms with van der Waals surface area (Å²) in [4.78, 5) is 9.56. The zero-order valence-electron chi connectivity index (χ0n) is 18.9. The molecule has 2 heterocycles. The number of phenolic OH excluding ortho intramolecular Hbond substituents is 1. The summed E-state index contributed by atoms with van der Waals surface area (Å²) in [6, 6.07) is 10.6. The van der Waals surface area contributed by atoms with Crippen molar-refractivity contribution in [1.82, 2.24) is 14.8 Å². The second-order valence-electron chi connectivity index (χ2n) is 9.32. The molecule has 5 heteroatoms. The van der Waals surface area contributed by atoms with Gasteiger partial charge in [-0.2, -0.15) is 0 Å². The maximum absolute atomic E-state index is 10.5. The predicted octanol–water partition coefficient (Wildman–Crippen LogP) is 4.84. The van der Waals surface area contributed by atoms with Crippen molar-refractivity contribution in [2.24, 2.45) is 5.92 Å². The van der Waals surface area contributed by atoms with Crippen molar-refractivity contribution in [1.29, 1.82) is 0 Å². The van der Waals surface area contributed by atoms with Gasteiger partial charge in [0.05, 0.1) is 7.11 Å². The van der Waals surface area contributed by atoms with Crippen molar-refractivity contribution in [2.75, 3.05) is 26.7 Å². The second-order valence-corrected chi connectivity index (χ2v) is 9.32. The van der Waals surface area contributed by atoms with E-state index in [0.717, 1.165) is 31.2 Å². The number of ether oxygens (including phenoxy) is 1. The van der Waals surface area contributed by atoms with Crippen molar-refractivity contribution >= 4 is 0 Å². The topological polar surface area (TPSA) is 48.8 Å². The molecule has 1 atom stereocenters. The Bertz CT molecular complexity index is 808. The monoisotopic (exact) mass is 423 g/mol. The number of hydrogen-bond acceptors (Lipinski definition) is 5. The molecule has 5 nitrogen and oxygen atoms in total. The molecule has 1 aromatic heterocycles. The maximum atomic E-state index is 10.5. The number of phenols is 1. The molecule has 4 rings (SSSR count). The molecule has 1 aliphatic heterocycles. The largest absolute Gasteiger partial charge is 0.507 e. The predicted molar refractivity (Wildman–Crippen MR) is 124 cm³/mol. The minimum absolute atomic E-state index is 0.308. The van der Waals surface area contributed by atoms with E-state index in [1.54, 1.807) is 13.2 Å². The van der Waals surface area contributed by atoms with Crippen molar-refractivity contribution in [3.8, 4) is 11.5 Å². The molecule has 1 saturated heterocycles. The Morgan fingerprint density at radius 2 is 1.97 bits per heavy atom. The highest BCUT2D eigenvalue weighted by Gasteiger charge is 2.28. The summed E-state index contributed by atoms with van der Waals surface area (Å²) in [5.41, 5.74) is 2.17. The maximum Gasteiger partial charge on any atom is 0.123 e. The van der Waals surface area contributed by atoms with Gasteiger partial charge in [-0.05, 0) is 55.8 Å². The first-order valence-electron chi connectivity index (χ1n) is 11.9. The fourth-order valence-electron chi connectivity index (χ4n) is 5.37. The lowest BCUT2D eigenvalue weighted by molar-refractivity contribution is 0.0769. The molecule has 0 radical (unpaired) electrons. The average molecular weight is 424 g/mol. The van der Waals surface area contributed by atoms with Crippen LogP contribution in [0.25, 0.3) is 0 Å². The van der Waals surface area contributed by atoms with Gasteiger partial charge in [-0.15, -0.1) is 0 Å². The first-order chi connectivity index (χ1) is 15.2.